The SMILES string of the molecule is Cc1ccc(C(=O)Cc2ccc(C(F)(F)F)cc2)cc1C#Cc1cnc2cccnn12. The van der Waals surface area contributed by atoms with Crippen LogP contribution in [-0.4, -0.2) is 20.4 Å². The summed E-state index contributed by atoms with van der Waals surface area (Å²) in [4.78, 5) is 16.9. The predicted octanol–water partition coefficient (Wildman–Crippen LogP) is 4.88. The molecule has 0 unspecified atom stereocenters. The molecule has 4 aromatic rings. The Kier molecular flexibility index (Phi) is 5.30. The van der Waals surface area contributed by atoms with E-state index in [1.165, 1.54) is 12.1 Å². The number of ketones is 1. The lowest BCUT2D eigenvalue weighted by Crippen LogP contribution is -2.07. The number of benzene rings is 2. The van der Waals surface area contributed by atoms with Gasteiger partial charge in [-0.1, -0.05) is 30.2 Å². The summed E-state index contributed by atoms with van der Waals surface area (Å²) < 4.78 is 39.7. The molecule has 7 heteroatoms. The van der Waals surface area contributed by atoms with Crippen molar-refractivity contribution in [3.8, 4) is 11.8 Å². The molecule has 0 aliphatic carbocycles. The van der Waals surface area contributed by atoms with Gasteiger partial charge in [-0.05, 0) is 54.3 Å². The van der Waals surface area contributed by atoms with Gasteiger partial charge in [0.2, 0.25) is 0 Å². The van der Waals surface area contributed by atoms with Crippen LogP contribution in [0.4, 0.5) is 13.2 Å². The minimum absolute atomic E-state index is 0.00521. The zero-order chi connectivity index (χ0) is 22.0. The van der Waals surface area contributed by atoms with Gasteiger partial charge in [0.25, 0.3) is 0 Å². The minimum Gasteiger partial charge on any atom is -0.294 e. The largest absolute Gasteiger partial charge is 0.416 e. The fourth-order valence-corrected chi connectivity index (χ4v) is 3.08. The second-order valence-electron chi connectivity index (χ2n) is 7.01. The maximum absolute atomic E-state index is 12.7. The molecule has 0 fully saturated rings. The van der Waals surface area contributed by atoms with Crippen molar-refractivity contribution in [1.82, 2.24) is 14.6 Å². The number of aromatic nitrogens is 3. The Hall–Kier alpha value is -3.92. The molecule has 0 bridgehead atoms. The first-order valence-electron chi connectivity index (χ1n) is 9.42. The van der Waals surface area contributed by atoms with Crippen LogP contribution in [0.1, 0.15) is 38.3 Å². The highest BCUT2D eigenvalue weighted by atomic mass is 19.4. The van der Waals surface area contributed by atoms with Gasteiger partial charge in [0.05, 0.1) is 11.8 Å². The van der Waals surface area contributed by atoms with Crippen LogP contribution in [0.3, 0.4) is 0 Å². The van der Waals surface area contributed by atoms with E-state index in [0.29, 0.717) is 28.0 Å². The summed E-state index contributed by atoms with van der Waals surface area (Å²) in [6, 6.07) is 13.4. The van der Waals surface area contributed by atoms with Crippen LogP contribution >= 0.6 is 0 Å². The first-order chi connectivity index (χ1) is 14.8. The second-order valence-corrected chi connectivity index (χ2v) is 7.01. The molecule has 0 amide bonds. The summed E-state index contributed by atoms with van der Waals surface area (Å²) >= 11 is 0. The van der Waals surface area contributed by atoms with Gasteiger partial charge in [-0.15, -0.1) is 0 Å². The number of carbonyl (C=O) groups is 1. The van der Waals surface area contributed by atoms with Gasteiger partial charge < -0.3 is 0 Å². The first kappa shape index (κ1) is 20.4. The van der Waals surface area contributed by atoms with Crippen LogP contribution in [0.2, 0.25) is 0 Å². The second kappa shape index (κ2) is 8.07. The Balaban J connectivity index is 1.56. The highest BCUT2D eigenvalue weighted by Gasteiger charge is 2.30. The molecule has 2 heterocycles. The number of Topliss-reactive ketones (excluding diaryl/α,β-unsaturated/α-hetero) is 1. The smallest absolute Gasteiger partial charge is 0.294 e. The van der Waals surface area contributed by atoms with Crippen LogP contribution in [-0.2, 0) is 12.6 Å². The van der Waals surface area contributed by atoms with Crippen LogP contribution < -0.4 is 0 Å². The molecule has 0 spiro atoms. The van der Waals surface area contributed by atoms with E-state index < -0.39 is 11.7 Å². The van der Waals surface area contributed by atoms with Crippen LogP contribution in [0, 0.1) is 18.8 Å². The lowest BCUT2D eigenvalue weighted by molar-refractivity contribution is -0.137. The molecule has 4 rings (SSSR count). The summed E-state index contributed by atoms with van der Waals surface area (Å²) in [7, 11) is 0. The number of rotatable bonds is 3. The van der Waals surface area contributed by atoms with E-state index in [1.807, 2.05) is 13.0 Å². The summed E-state index contributed by atoms with van der Waals surface area (Å²) in [6.45, 7) is 1.89. The molecule has 0 saturated carbocycles. The average Bonchev–Trinajstić information content (AvgIpc) is 3.16. The van der Waals surface area contributed by atoms with Gasteiger partial charge in [-0.3, -0.25) is 4.79 Å². The van der Waals surface area contributed by atoms with Crippen LogP contribution in [0.25, 0.3) is 5.65 Å². The standard InChI is InChI=1S/C24H16F3N3O/c1-16-4-7-19(22(31)13-17-5-9-20(10-6-17)24(25,26)27)14-18(16)8-11-21-15-28-23-3-2-12-29-30(21)23/h2-7,9-10,12,14-15H,13H2,1H3. The molecular weight excluding hydrogens is 403 g/mol. The topological polar surface area (TPSA) is 47.3 Å². The third kappa shape index (κ3) is 4.48. The van der Waals surface area contributed by atoms with Crippen molar-refractivity contribution in [2.45, 2.75) is 19.5 Å². The molecule has 31 heavy (non-hydrogen) atoms. The van der Waals surface area contributed by atoms with Crippen molar-refractivity contribution in [2.24, 2.45) is 0 Å². The fourth-order valence-electron chi connectivity index (χ4n) is 3.08. The van der Waals surface area contributed by atoms with Crippen LogP contribution in [0.15, 0.2) is 67.0 Å². The summed E-state index contributed by atoms with van der Waals surface area (Å²) in [5.41, 5.74) is 3.12. The Morgan fingerprint density at radius 2 is 1.84 bits per heavy atom. The fraction of sp³-hybridized carbons (Fsp3) is 0.125. The van der Waals surface area contributed by atoms with Crippen molar-refractivity contribution in [1.29, 1.82) is 0 Å². The van der Waals surface area contributed by atoms with Gasteiger partial charge in [0, 0.05) is 23.7 Å². The monoisotopic (exact) mass is 419 g/mol. The van der Waals surface area contributed by atoms with Crippen molar-refractivity contribution < 1.29 is 18.0 Å². The van der Waals surface area contributed by atoms with Crippen molar-refractivity contribution in [3.05, 3.63) is 101 Å². The van der Waals surface area contributed by atoms with E-state index in [2.05, 4.69) is 21.9 Å². The van der Waals surface area contributed by atoms with E-state index in [4.69, 9.17) is 0 Å². The van der Waals surface area contributed by atoms with Gasteiger partial charge in [-0.25, -0.2) is 9.50 Å². The van der Waals surface area contributed by atoms with E-state index in [1.54, 1.807) is 41.2 Å². The van der Waals surface area contributed by atoms with Crippen molar-refractivity contribution >= 4 is 11.4 Å². The highest BCUT2D eigenvalue weighted by Crippen LogP contribution is 2.29. The molecule has 2 aromatic heterocycles. The molecule has 0 aliphatic rings. The quantitative estimate of drug-likeness (QED) is 0.351. The van der Waals surface area contributed by atoms with Crippen molar-refractivity contribution in [2.75, 3.05) is 0 Å². The highest BCUT2D eigenvalue weighted by molar-refractivity contribution is 5.98. The summed E-state index contributed by atoms with van der Waals surface area (Å²) in [5, 5.41) is 4.22. The lowest BCUT2D eigenvalue weighted by Gasteiger charge is -2.08. The van der Waals surface area contributed by atoms with E-state index in [0.717, 1.165) is 17.7 Å². The number of alkyl halides is 3. The lowest BCUT2D eigenvalue weighted by atomic mass is 9.98. The predicted molar refractivity (Wildman–Crippen MR) is 110 cm³/mol. The number of hydrogen-bond donors (Lipinski definition) is 0. The van der Waals surface area contributed by atoms with E-state index in [-0.39, 0.29) is 12.2 Å². The molecular formula is C24H16F3N3O. The van der Waals surface area contributed by atoms with Gasteiger partial charge in [0.1, 0.15) is 5.69 Å². The van der Waals surface area contributed by atoms with Crippen molar-refractivity contribution in [3.63, 3.8) is 0 Å². The van der Waals surface area contributed by atoms with Gasteiger partial charge in [-0.2, -0.15) is 18.3 Å². The molecule has 0 atom stereocenters. The molecule has 0 aliphatic heterocycles. The molecule has 0 saturated heterocycles. The Bertz CT molecular complexity index is 1330. The summed E-state index contributed by atoms with van der Waals surface area (Å²) in [6.07, 6.45) is -1.12. The van der Waals surface area contributed by atoms with E-state index in [9.17, 15) is 18.0 Å². The molecule has 4 nitrogen and oxygen atoms in total. The number of halogens is 3. The van der Waals surface area contributed by atoms with Crippen LogP contribution in [0.5, 0.6) is 0 Å². The summed E-state index contributed by atoms with van der Waals surface area (Å²) in [5.74, 6) is 5.90. The zero-order valence-electron chi connectivity index (χ0n) is 16.4. The number of aryl methyl sites for hydroxylation is 1. The molecule has 2 aromatic carbocycles. The third-order valence-electron chi connectivity index (χ3n) is 4.81. The van der Waals surface area contributed by atoms with E-state index >= 15 is 0 Å². The average molecular weight is 419 g/mol. The zero-order valence-corrected chi connectivity index (χ0v) is 16.4. The number of fused-ring (bicyclic) bond motifs is 1. The maximum Gasteiger partial charge on any atom is 0.416 e. The number of imidazole rings is 1. The number of carbonyl (C=O) groups excluding carboxylic acids is 1. The third-order valence-corrected chi connectivity index (χ3v) is 4.81. The number of hydrogen-bond acceptors (Lipinski definition) is 3. The first-order valence-corrected chi connectivity index (χ1v) is 9.42. The minimum atomic E-state index is -4.40. The van der Waals surface area contributed by atoms with Gasteiger partial charge in [0.15, 0.2) is 11.4 Å². The van der Waals surface area contributed by atoms with Gasteiger partial charge >= 0.3 is 6.18 Å². The Morgan fingerprint density at radius 3 is 2.58 bits per heavy atom. The maximum atomic E-state index is 12.7. The molecule has 154 valence electrons. The normalized spacial score (nSPS) is 11.2. The molecule has 0 N–H and O–H groups in total. The number of nitrogens with zero attached hydrogens (tertiary/aromatic N) is 3. The Morgan fingerprint density at radius 1 is 1.06 bits per heavy atom. The Labute approximate surface area is 176 Å². The molecule has 0 radical (unpaired) electrons.